The van der Waals surface area contributed by atoms with Crippen LogP contribution in [0.5, 0.6) is 0 Å². The van der Waals surface area contributed by atoms with Gasteiger partial charge in [0.05, 0.1) is 5.92 Å². The van der Waals surface area contributed by atoms with Gasteiger partial charge in [0, 0.05) is 19.5 Å². The molecule has 0 heterocycles. The van der Waals surface area contributed by atoms with Crippen LogP contribution in [0.2, 0.25) is 0 Å². The highest BCUT2D eigenvalue weighted by Gasteiger charge is 2.19. The predicted octanol–water partition coefficient (Wildman–Crippen LogP) is 13.1. The summed E-state index contributed by atoms with van der Waals surface area (Å²) in [5.41, 5.74) is 1.10. The number of amides is 2. The Morgan fingerprint density at radius 3 is 1.23 bits per heavy atom. The van der Waals surface area contributed by atoms with Gasteiger partial charge in [-0.3, -0.25) is 9.59 Å². The summed E-state index contributed by atoms with van der Waals surface area (Å²) in [6.45, 7) is 5.56. The lowest BCUT2D eigenvalue weighted by Crippen LogP contribution is -2.37. The Morgan fingerprint density at radius 1 is 0.458 bits per heavy atom. The fraction of sp³-hybridized carbons (Fsp3) is 0.818. The number of unbranched alkanes of at least 4 members (excludes halogenated alkanes) is 27. The smallest absolute Gasteiger partial charge is 0.227 e. The number of hydrogen-bond donors (Lipinski definition) is 2. The van der Waals surface area contributed by atoms with Gasteiger partial charge in [-0.05, 0) is 18.4 Å². The molecule has 278 valence electrons. The van der Waals surface area contributed by atoms with Gasteiger partial charge in [-0.1, -0.05) is 224 Å². The Hall–Kier alpha value is -1.84. The zero-order valence-corrected chi connectivity index (χ0v) is 32.1. The standard InChI is InChI=1S/C44H80N2O2/c1-3-5-7-9-11-13-15-17-19-21-23-25-27-29-34-38-43(47)45-39-40-46-44(48)42(41-35-31-30-32-36-41)37-33-28-26-24-22-20-18-16-14-12-10-8-6-4-2/h30-32,35-36,42H,3-29,33-34,37-40H2,1-2H3,(H,45,47)(H,46,48). The lowest BCUT2D eigenvalue weighted by atomic mass is 9.92. The van der Waals surface area contributed by atoms with E-state index in [0.717, 1.165) is 31.2 Å². The van der Waals surface area contributed by atoms with Crippen LogP contribution >= 0.6 is 0 Å². The zero-order valence-electron chi connectivity index (χ0n) is 32.1. The molecule has 0 aliphatic carbocycles. The maximum atomic E-state index is 13.2. The third kappa shape index (κ3) is 28.0. The third-order valence-corrected chi connectivity index (χ3v) is 10.1. The topological polar surface area (TPSA) is 58.2 Å². The second-order valence-corrected chi connectivity index (χ2v) is 14.7. The summed E-state index contributed by atoms with van der Waals surface area (Å²) in [6, 6.07) is 10.2. The summed E-state index contributed by atoms with van der Waals surface area (Å²) >= 11 is 0. The molecule has 1 atom stereocenters. The lowest BCUT2D eigenvalue weighted by Gasteiger charge is -2.17. The molecule has 0 fully saturated rings. The van der Waals surface area contributed by atoms with Crippen molar-refractivity contribution in [3.05, 3.63) is 35.9 Å². The number of rotatable bonds is 36. The van der Waals surface area contributed by atoms with Crippen molar-refractivity contribution in [2.45, 2.75) is 219 Å². The molecule has 0 aliphatic rings. The number of carbonyl (C=O) groups excluding carboxylic acids is 2. The maximum absolute atomic E-state index is 13.2. The van der Waals surface area contributed by atoms with Crippen LogP contribution in [0.15, 0.2) is 30.3 Å². The van der Waals surface area contributed by atoms with Crippen LogP contribution in [0.4, 0.5) is 0 Å². The first-order chi connectivity index (χ1) is 23.7. The minimum absolute atomic E-state index is 0.0903. The zero-order chi connectivity index (χ0) is 34.6. The Kier molecular flexibility index (Phi) is 32.2. The molecule has 4 nitrogen and oxygen atoms in total. The highest BCUT2D eigenvalue weighted by molar-refractivity contribution is 5.83. The summed E-state index contributed by atoms with van der Waals surface area (Å²) in [7, 11) is 0. The Bertz CT molecular complexity index is 826. The normalized spacial score (nSPS) is 11.9. The Labute approximate surface area is 299 Å². The average Bonchev–Trinajstić information content (AvgIpc) is 3.10. The van der Waals surface area contributed by atoms with Gasteiger partial charge in [-0.2, -0.15) is 0 Å². The van der Waals surface area contributed by atoms with E-state index in [0.29, 0.717) is 19.5 Å². The van der Waals surface area contributed by atoms with E-state index in [-0.39, 0.29) is 17.7 Å². The molecule has 0 aliphatic heterocycles. The van der Waals surface area contributed by atoms with Crippen molar-refractivity contribution in [3.63, 3.8) is 0 Å². The first-order valence-corrected chi connectivity index (χ1v) is 21.3. The van der Waals surface area contributed by atoms with Gasteiger partial charge >= 0.3 is 0 Å². The SMILES string of the molecule is CCCCCCCCCCCCCCCCCC(=O)NCCNC(=O)C(CCCCCCCCCCCCCCCC)c1ccccc1. The number of nitrogens with one attached hydrogen (secondary N) is 2. The van der Waals surface area contributed by atoms with Crippen molar-refractivity contribution in [2.75, 3.05) is 13.1 Å². The quantitative estimate of drug-likeness (QED) is 0.0699. The molecule has 1 aromatic rings. The molecular weight excluding hydrogens is 588 g/mol. The van der Waals surface area contributed by atoms with Crippen LogP contribution in [0.3, 0.4) is 0 Å². The summed E-state index contributed by atoms with van der Waals surface area (Å²) < 4.78 is 0. The highest BCUT2D eigenvalue weighted by Crippen LogP contribution is 2.23. The van der Waals surface area contributed by atoms with Crippen LogP contribution in [0.1, 0.15) is 224 Å². The Balaban J connectivity index is 2.05. The first kappa shape index (κ1) is 44.2. The van der Waals surface area contributed by atoms with Gasteiger partial charge in [0.1, 0.15) is 0 Å². The van der Waals surface area contributed by atoms with Crippen molar-refractivity contribution < 1.29 is 9.59 Å². The average molecular weight is 669 g/mol. The van der Waals surface area contributed by atoms with Crippen LogP contribution in [0.25, 0.3) is 0 Å². The molecule has 0 radical (unpaired) electrons. The maximum Gasteiger partial charge on any atom is 0.227 e. The molecule has 1 rings (SSSR count). The monoisotopic (exact) mass is 669 g/mol. The van der Waals surface area contributed by atoms with Crippen LogP contribution in [-0.2, 0) is 9.59 Å². The highest BCUT2D eigenvalue weighted by atomic mass is 16.2. The summed E-state index contributed by atoms with van der Waals surface area (Å²) in [6.07, 6.45) is 40.3. The molecule has 2 amide bonds. The molecule has 0 aromatic heterocycles. The molecular formula is C44H80N2O2. The minimum atomic E-state index is -0.112. The van der Waals surface area contributed by atoms with Crippen LogP contribution in [0, 0.1) is 0 Å². The Morgan fingerprint density at radius 2 is 0.812 bits per heavy atom. The molecule has 4 heteroatoms. The molecule has 0 bridgehead atoms. The van der Waals surface area contributed by atoms with Gasteiger partial charge < -0.3 is 10.6 Å². The van der Waals surface area contributed by atoms with Crippen molar-refractivity contribution >= 4 is 11.8 Å². The summed E-state index contributed by atoms with van der Waals surface area (Å²) in [4.78, 5) is 25.5. The van der Waals surface area contributed by atoms with Gasteiger partial charge in [-0.25, -0.2) is 0 Å². The summed E-state index contributed by atoms with van der Waals surface area (Å²) in [5, 5.41) is 6.12. The van der Waals surface area contributed by atoms with Gasteiger partial charge in [0.15, 0.2) is 0 Å². The fourth-order valence-electron chi connectivity index (χ4n) is 6.93. The van der Waals surface area contributed by atoms with E-state index in [9.17, 15) is 9.59 Å². The van der Waals surface area contributed by atoms with Crippen LogP contribution in [-0.4, -0.2) is 24.9 Å². The lowest BCUT2D eigenvalue weighted by molar-refractivity contribution is -0.124. The van der Waals surface area contributed by atoms with Crippen molar-refractivity contribution in [1.29, 1.82) is 0 Å². The van der Waals surface area contributed by atoms with Gasteiger partial charge in [0.2, 0.25) is 11.8 Å². The number of benzene rings is 1. The van der Waals surface area contributed by atoms with E-state index in [1.807, 2.05) is 18.2 Å². The molecule has 0 saturated carbocycles. The molecule has 0 spiro atoms. The molecule has 2 N–H and O–H groups in total. The van der Waals surface area contributed by atoms with E-state index in [4.69, 9.17) is 0 Å². The summed E-state index contributed by atoms with van der Waals surface area (Å²) in [5.74, 6) is 0.0908. The van der Waals surface area contributed by atoms with E-state index < -0.39 is 0 Å². The van der Waals surface area contributed by atoms with Crippen molar-refractivity contribution in [3.8, 4) is 0 Å². The second-order valence-electron chi connectivity index (χ2n) is 14.7. The minimum Gasteiger partial charge on any atom is -0.354 e. The third-order valence-electron chi connectivity index (χ3n) is 10.1. The van der Waals surface area contributed by atoms with E-state index in [1.54, 1.807) is 0 Å². The van der Waals surface area contributed by atoms with Gasteiger partial charge in [0.25, 0.3) is 0 Å². The van der Waals surface area contributed by atoms with E-state index >= 15 is 0 Å². The molecule has 1 unspecified atom stereocenters. The van der Waals surface area contributed by atoms with Gasteiger partial charge in [-0.15, -0.1) is 0 Å². The second kappa shape index (κ2) is 35.0. The number of hydrogen-bond acceptors (Lipinski definition) is 2. The first-order valence-electron chi connectivity index (χ1n) is 21.3. The molecule has 0 saturated heterocycles. The predicted molar refractivity (Wildman–Crippen MR) is 210 cm³/mol. The van der Waals surface area contributed by atoms with E-state index in [2.05, 4.69) is 36.6 Å². The fourth-order valence-corrected chi connectivity index (χ4v) is 6.93. The molecule has 1 aromatic carbocycles. The molecule has 48 heavy (non-hydrogen) atoms. The van der Waals surface area contributed by atoms with Crippen molar-refractivity contribution in [2.24, 2.45) is 0 Å². The van der Waals surface area contributed by atoms with Crippen molar-refractivity contribution in [1.82, 2.24) is 10.6 Å². The van der Waals surface area contributed by atoms with Crippen LogP contribution < -0.4 is 10.6 Å². The largest absolute Gasteiger partial charge is 0.354 e. The number of carbonyl (C=O) groups is 2. The van der Waals surface area contributed by atoms with E-state index in [1.165, 1.54) is 167 Å².